The van der Waals surface area contributed by atoms with Crippen LogP contribution in [0.25, 0.3) is 0 Å². The van der Waals surface area contributed by atoms with Crippen LogP contribution in [-0.2, 0) is 8.85 Å². The molecule has 3 nitrogen and oxygen atoms in total. The van der Waals surface area contributed by atoms with Crippen molar-refractivity contribution >= 4 is 16.8 Å². The van der Waals surface area contributed by atoms with E-state index in [0.717, 1.165) is 6.17 Å². The molecule has 0 N–H and O–H groups in total. The normalized spacial score (nSPS) is 13.5. The summed E-state index contributed by atoms with van der Waals surface area (Å²) in [5.74, 6) is 0. The minimum absolute atomic E-state index is 0.988. The molecule has 0 bridgehead atoms. The van der Waals surface area contributed by atoms with Gasteiger partial charge in [-0.25, -0.2) is 0 Å². The molecule has 0 radical (unpaired) electrons. The van der Waals surface area contributed by atoms with Crippen molar-refractivity contribution in [1.82, 2.24) is 4.57 Å². The van der Waals surface area contributed by atoms with Crippen LogP contribution in [0.15, 0.2) is 0 Å². The summed E-state index contributed by atoms with van der Waals surface area (Å²) in [6.45, 7) is 9.13. The number of hydrogen-bond donors (Lipinski definition) is 0. The highest BCUT2D eigenvalue weighted by Gasteiger charge is 2.39. The van der Waals surface area contributed by atoms with Gasteiger partial charge in [0.25, 0.3) is 0 Å². The first-order chi connectivity index (χ1) is 7.43. The Morgan fingerprint density at radius 3 is 1.56 bits per heavy atom. The Hall–Kier alpha value is 0.314. The van der Waals surface area contributed by atoms with Gasteiger partial charge >= 0.3 is 8.56 Å². The second-order valence-corrected chi connectivity index (χ2v) is 13.4. The minimum Gasteiger partial charge on any atom is -0.397 e. The molecule has 5 heteroatoms. The van der Waals surface area contributed by atoms with Crippen LogP contribution >= 0.6 is 0 Å². The Labute approximate surface area is 103 Å². The van der Waals surface area contributed by atoms with Gasteiger partial charge in [-0.2, -0.15) is 0 Å². The predicted octanol–water partition coefficient (Wildman–Crippen LogP) is 2.83. The zero-order valence-corrected chi connectivity index (χ0v) is 14.1. The van der Waals surface area contributed by atoms with Crippen LogP contribution < -0.4 is 0 Å². The van der Waals surface area contributed by atoms with E-state index in [1.807, 2.05) is 0 Å². The first kappa shape index (κ1) is 16.3. The maximum atomic E-state index is 5.58. The highest BCUT2D eigenvalue weighted by molar-refractivity contribution is 6.78. The predicted molar refractivity (Wildman–Crippen MR) is 75.5 cm³/mol. The first-order valence-corrected chi connectivity index (χ1v) is 11.3. The van der Waals surface area contributed by atoms with Crippen LogP contribution in [-0.4, -0.2) is 48.8 Å². The van der Waals surface area contributed by atoms with Crippen molar-refractivity contribution in [2.45, 2.75) is 45.5 Å². The third-order valence-electron chi connectivity index (χ3n) is 4.17. The molecule has 0 unspecified atom stereocenters. The molecule has 16 heavy (non-hydrogen) atoms. The summed E-state index contributed by atoms with van der Waals surface area (Å²) in [4.78, 5) is 0. The van der Waals surface area contributed by atoms with Gasteiger partial charge in [0.15, 0.2) is 0 Å². The SMILES string of the molecule is CC[Si](CC)(CC)N(C)C[Si](C)(OC)OC. The Bertz CT molecular complexity index is 186. The fraction of sp³-hybridized carbons (Fsp3) is 1.00. The van der Waals surface area contributed by atoms with Crippen LogP contribution in [0, 0.1) is 0 Å². The first-order valence-electron chi connectivity index (χ1n) is 6.25. The molecule has 0 aliphatic carbocycles. The minimum atomic E-state index is -1.96. The van der Waals surface area contributed by atoms with E-state index in [-0.39, 0.29) is 0 Å². The molecule has 0 amide bonds. The van der Waals surface area contributed by atoms with E-state index < -0.39 is 16.8 Å². The van der Waals surface area contributed by atoms with Gasteiger partial charge in [0, 0.05) is 20.4 Å². The Balaban J connectivity index is 4.70. The largest absolute Gasteiger partial charge is 0.397 e. The molecule has 0 atom stereocenters. The fourth-order valence-electron chi connectivity index (χ4n) is 2.37. The van der Waals surface area contributed by atoms with Crippen LogP contribution in [0.5, 0.6) is 0 Å². The van der Waals surface area contributed by atoms with Gasteiger partial charge in [-0.15, -0.1) is 0 Å². The molecule has 0 aromatic heterocycles. The van der Waals surface area contributed by atoms with Crippen molar-refractivity contribution in [2.24, 2.45) is 0 Å². The molecular weight excluding hydrogens is 234 g/mol. The van der Waals surface area contributed by atoms with E-state index in [1.54, 1.807) is 14.2 Å². The quantitative estimate of drug-likeness (QED) is 0.629. The standard InChI is InChI=1S/C11H29NO2Si2/c1-8-16(9-2,10-3)12(4)11-15(7,13-5)14-6/h8-11H2,1-7H3. The molecule has 0 aliphatic rings. The van der Waals surface area contributed by atoms with Crippen molar-refractivity contribution in [3.63, 3.8) is 0 Å². The molecule has 0 fully saturated rings. The van der Waals surface area contributed by atoms with Crippen molar-refractivity contribution in [2.75, 3.05) is 27.4 Å². The van der Waals surface area contributed by atoms with Crippen LogP contribution in [0.4, 0.5) is 0 Å². The van der Waals surface area contributed by atoms with Gasteiger partial charge in [-0.3, -0.25) is 0 Å². The van der Waals surface area contributed by atoms with E-state index in [0.29, 0.717) is 0 Å². The lowest BCUT2D eigenvalue weighted by Gasteiger charge is -2.41. The number of hydrogen-bond acceptors (Lipinski definition) is 3. The fourth-order valence-corrected chi connectivity index (χ4v) is 8.98. The van der Waals surface area contributed by atoms with Gasteiger partial charge in [0.2, 0.25) is 0 Å². The van der Waals surface area contributed by atoms with E-state index in [1.165, 1.54) is 18.1 Å². The zero-order valence-electron chi connectivity index (χ0n) is 12.1. The lowest BCUT2D eigenvalue weighted by atomic mass is 10.9. The van der Waals surface area contributed by atoms with Gasteiger partial charge < -0.3 is 13.4 Å². The van der Waals surface area contributed by atoms with Crippen LogP contribution in [0.1, 0.15) is 20.8 Å². The maximum absolute atomic E-state index is 5.58. The van der Waals surface area contributed by atoms with Crippen molar-refractivity contribution in [3.05, 3.63) is 0 Å². The molecule has 0 spiro atoms. The average Bonchev–Trinajstić information content (AvgIpc) is 2.32. The molecule has 0 aromatic rings. The van der Waals surface area contributed by atoms with Gasteiger partial charge in [0.05, 0.1) is 0 Å². The monoisotopic (exact) mass is 263 g/mol. The number of nitrogens with zero attached hydrogens (tertiary/aromatic N) is 1. The Morgan fingerprint density at radius 1 is 0.938 bits per heavy atom. The summed E-state index contributed by atoms with van der Waals surface area (Å²) >= 11 is 0. The van der Waals surface area contributed by atoms with Crippen molar-refractivity contribution in [1.29, 1.82) is 0 Å². The molecule has 0 aromatic carbocycles. The third kappa shape index (κ3) is 3.66. The van der Waals surface area contributed by atoms with Gasteiger partial charge in [0.1, 0.15) is 8.24 Å². The summed E-state index contributed by atoms with van der Waals surface area (Å²) in [6.07, 6.45) is 0.988. The summed E-state index contributed by atoms with van der Waals surface area (Å²) in [7, 11) is 2.59. The summed E-state index contributed by atoms with van der Waals surface area (Å²) in [5, 5.41) is 0. The lowest BCUT2D eigenvalue weighted by molar-refractivity contribution is 0.237. The van der Waals surface area contributed by atoms with E-state index in [9.17, 15) is 0 Å². The second kappa shape index (κ2) is 6.91. The summed E-state index contributed by atoms with van der Waals surface area (Å²) in [5.41, 5.74) is 0. The Morgan fingerprint density at radius 2 is 1.31 bits per heavy atom. The van der Waals surface area contributed by atoms with Crippen molar-refractivity contribution < 1.29 is 8.85 Å². The van der Waals surface area contributed by atoms with E-state index in [2.05, 4.69) is 38.9 Å². The second-order valence-electron chi connectivity index (χ2n) is 4.68. The zero-order chi connectivity index (χ0) is 12.8. The third-order valence-corrected chi connectivity index (χ3v) is 13.0. The van der Waals surface area contributed by atoms with Crippen LogP contribution in [0.3, 0.4) is 0 Å². The molecule has 98 valence electrons. The highest BCUT2D eigenvalue weighted by atomic mass is 28.4. The topological polar surface area (TPSA) is 21.7 Å². The highest BCUT2D eigenvalue weighted by Crippen LogP contribution is 2.25. The van der Waals surface area contributed by atoms with Gasteiger partial charge in [-0.1, -0.05) is 20.8 Å². The Kier molecular flexibility index (Phi) is 7.04. The van der Waals surface area contributed by atoms with Gasteiger partial charge in [-0.05, 0) is 31.7 Å². The molecule has 0 heterocycles. The molecule has 0 rings (SSSR count). The van der Waals surface area contributed by atoms with E-state index >= 15 is 0 Å². The summed E-state index contributed by atoms with van der Waals surface area (Å²) < 4.78 is 13.7. The van der Waals surface area contributed by atoms with Crippen LogP contribution in [0.2, 0.25) is 24.7 Å². The van der Waals surface area contributed by atoms with Crippen molar-refractivity contribution in [3.8, 4) is 0 Å². The molecule has 0 saturated heterocycles. The summed E-state index contributed by atoms with van der Waals surface area (Å²) in [6, 6.07) is 3.94. The number of rotatable bonds is 8. The molecule has 0 aliphatic heterocycles. The smallest absolute Gasteiger partial charge is 0.348 e. The molecule has 0 saturated carbocycles. The maximum Gasteiger partial charge on any atom is 0.348 e. The molecular formula is C11H29NO2Si2. The van der Waals surface area contributed by atoms with E-state index in [4.69, 9.17) is 8.85 Å². The average molecular weight is 264 g/mol. The lowest BCUT2D eigenvalue weighted by Crippen LogP contribution is -2.58.